The lowest BCUT2D eigenvalue weighted by molar-refractivity contribution is -0.200. The number of amides is 4. The van der Waals surface area contributed by atoms with Crippen molar-refractivity contribution in [2.24, 2.45) is 0 Å². The second kappa shape index (κ2) is 7.10. The second-order valence-electron chi connectivity index (χ2n) is 7.89. The van der Waals surface area contributed by atoms with Crippen molar-refractivity contribution in [1.29, 1.82) is 0 Å². The van der Waals surface area contributed by atoms with Crippen LogP contribution in [-0.4, -0.2) is 40.6 Å². The summed E-state index contributed by atoms with van der Waals surface area (Å²) >= 11 is 0. The van der Waals surface area contributed by atoms with Gasteiger partial charge in [0.15, 0.2) is 0 Å². The molecule has 9 heteroatoms. The Hall–Kier alpha value is -2.58. The summed E-state index contributed by atoms with van der Waals surface area (Å²) in [5, 5.41) is 3.35. The molecule has 2 atom stereocenters. The van der Waals surface area contributed by atoms with Gasteiger partial charge >= 0.3 is 12.2 Å². The zero-order valence-corrected chi connectivity index (χ0v) is 16.4. The van der Waals surface area contributed by atoms with Gasteiger partial charge in [0, 0.05) is 11.6 Å². The highest BCUT2D eigenvalue weighted by Gasteiger charge is 2.69. The van der Waals surface area contributed by atoms with Crippen molar-refractivity contribution in [3.63, 3.8) is 0 Å². The zero-order chi connectivity index (χ0) is 21.5. The van der Waals surface area contributed by atoms with E-state index in [2.05, 4.69) is 0 Å². The van der Waals surface area contributed by atoms with Gasteiger partial charge in [0.2, 0.25) is 0 Å². The maximum absolute atomic E-state index is 13.8. The first-order valence-corrected chi connectivity index (χ1v) is 8.90. The molecule has 0 aromatic heterocycles. The van der Waals surface area contributed by atoms with Gasteiger partial charge in [-0.25, -0.2) is 4.79 Å². The number of halogens is 3. The van der Waals surface area contributed by atoms with Crippen LogP contribution in [0.25, 0.3) is 0 Å². The van der Waals surface area contributed by atoms with E-state index >= 15 is 0 Å². The zero-order valence-electron chi connectivity index (χ0n) is 16.4. The van der Waals surface area contributed by atoms with Gasteiger partial charge in [-0.05, 0) is 36.5 Å². The van der Waals surface area contributed by atoms with E-state index in [4.69, 9.17) is 0 Å². The van der Waals surface area contributed by atoms with Crippen molar-refractivity contribution in [2.45, 2.75) is 64.3 Å². The molecule has 1 aliphatic heterocycles. The van der Waals surface area contributed by atoms with Crippen molar-refractivity contribution in [1.82, 2.24) is 15.5 Å². The summed E-state index contributed by atoms with van der Waals surface area (Å²) in [6, 6.07) is 4.09. The lowest BCUT2D eigenvalue weighted by Gasteiger charge is -2.30. The summed E-state index contributed by atoms with van der Waals surface area (Å²) in [6.07, 6.45) is -4.95. The average Bonchev–Trinajstić information content (AvgIpc) is 2.84. The van der Waals surface area contributed by atoms with Crippen LogP contribution in [0.5, 0.6) is 0 Å². The van der Waals surface area contributed by atoms with E-state index < -0.39 is 35.7 Å². The van der Waals surface area contributed by atoms with Gasteiger partial charge in [-0.15, -0.1) is 0 Å². The van der Waals surface area contributed by atoms with E-state index in [0.717, 1.165) is 5.56 Å². The first kappa shape index (κ1) is 21.7. The Labute approximate surface area is 161 Å². The molecule has 2 rings (SSSR count). The fraction of sp³-hybridized carbons (Fsp3) is 0.526. The smallest absolute Gasteiger partial charge is 0.314 e. The number of alkyl halides is 3. The molecule has 4 amide bonds. The Morgan fingerprint density at radius 3 is 2.14 bits per heavy atom. The maximum atomic E-state index is 13.8. The number of rotatable bonds is 4. The van der Waals surface area contributed by atoms with Crippen molar-refractivity contribution in [3.8, 4) is 0 Å². The Bertz CT molecular complexity index is 784. The molecule has 0 radical (unpaired) electrons. The molecule has 1 aromatic carbocycles. The molecule has 1 heterocycles. The molecule has 0 spiro atoms. The van der Waals surface area contributed by atoms with Crippen LogP contribution in [0.1, 0.15) is 57.0 Å². The summed E-state index contributed by atoms with van der Waals surface area (Å²) in [4.78, 5) is 37.6. The Morgan fingerprint density at radius 1 is 1.18 bits per heavy atom. The lowest BCUT2D eigenvalue weighted by atomic mass is 9.86. The highest BCUT2D eigenvalue weighted by atomic mass is 19.4. The average molecular weight is 399 g/mol. The van der Waals surface area contributed by atoms with Gasteiger partial charge in [-0.1, -0.05) is 39.8 Å². The topological polar surface area (TPSA) is 78.5 Å². The number of nitrogens with zero attached hydrogens (tertiary/aromatic N) is 1. The molecule has 1 saturated heterocycles. The van der Waals surface area contributed by atoms with Gasteiger partial charge in [0.05, 0.1) is 0 Å². The number of carbonyl (C=O) groups is 3. The summed E-state index contributed by atoms with van der Waals surface area (Å²) in [5.41, 5.74) is -2.86. The molecular weight excluding hydrogens is 375 g/mol. The summed E-state index contributed by atoms with van der Waals surface area (Å²) in [7, 11) is 0. The molecule has 1 aliphatic rings. The van der Waals surface area contributed by atoms with Crippen LogP contribution in [0.15, 0.2) is 24.3 Å². The number of hydrogen-bond acceptors (Lipinski definition) is 3. The van der Waals surface area contributed by atoms with Crippen LogP contribution in [-0.2, 0) is 10.2 Å². The monoisotopic (exact) mass is 399 g/mol. The van der Waals surface area contributed by atoms with E-state index in [0.29, 0.717) is 4.90 Å². The van der Waals surface area contributed by atoms with Gasteiger partial charge in [-0.2, -0.15) is 13.2 Å². The normalized spacial score (nSPS) is 21.5. The third-order valence-electron chi connectivity index (χ3n) is 4.82. The predicted octanol–water partition coefficient (Wildman–Crippen LogP) is 3.32. The number of benzene rings is 1. The molecule has 0 bridgehead atoms. The maximum Gasteiger partial charge on any atom is 0.440 e. The van der Waals surface area contributed by atoms with E-state index in [1.165, 1.54) is 19.1 Å². The number of nitrogens with one attached hydrogen (secondary N) is 2. The van der Waals surface area contributed by atoms with Crippen LogP contribution >= 0.6 is 0 Å². The SMILES string of the molecule is CC[C@H](C)N1C(=O)N[C@](NC(=O)c2ccc(C(C)(C)C)cc2)(C(F)(F)F)C1=O. The van der Waals surface area contributed by atoms with E-state index in [9.17, 15) is 27.6 Å². The molecule has 1 fully saturated rings. The quantitative estimate of drug-likeness (QED) is 0.763. The van der Waals surface area contributed by atoms with Gasteiger partial charge in [0.1, 0.15) is 0 Å². The molecule has 2 N–H and O–H groups in total. The van der Waals surface area contributed by atoms with Gasteiger partial charge in [-0.3, -0.25) is 19.8 Å². The first-order valence-electron chi connectivity index (χ1n) is 8.90. The van der Waals surface area contributed by atoms with E-state index in [1.54, 1.807) is 29.7 Å². The number of hydrogen-bond donors (Lipinski definition) is 2. The summed E-state index contributed by atoms with van der Waals surface area (Å²) in [6.45, 7) is 8.95. The molecule has 6 nitrogen and oxygen atoms in total. The highest BCUT2D eigenvalue weighted by molar-refractivity contribution is 6.10. The minimum atomic E-state index is -5.22. The van der Waals surface area contributed by atoms with Crippen LogP contribution in [0, 0.1) is 0 Å². The van der Waals surface area contributed by atoms with Crippen LogP contribution in [0.3, 0.4) is 0 Å². The molecule has 0 unspecified atom stereocenters. The van der Waals surface area contributed by atoms with E-state index in [-0.39, 0.29) is 17.4 Å². The third kappa shape index (κ3) is 3.70. The molecule has 0 saturated carbocycles. The minimum Gasteiger partial charge on any atom is -0.314 e. The Morgan fingerprint density at radius 2 is 1.71 bits per heavy atom. The van der Waals surface area contributed by atoms with Crippen LogP contribution < -0.4 is 10.6 Å². The van der Waals surface area contributed by atoms with Gasteiger partial charge < -0.3 is 5.32 Å². The lowest BCUT2D eigenvalue weighted by Crippen LogP contribution is -2.69. The van der Waals surface area contributed by atoms with E-state index in [1.807, 2.05) is 20.8 Å². The highest BCUT2D eigenvalue weighted by Crippen LogP contribution is 2.35. The summed E-state index contributed by atoms with van der Waals surface area (Å²) < 4.78 is 41.4. The fourth-order valence-electron chi connectivity index (χ4n) is 2.84. The Balaban J connectivity index is 2.37. The number of urea groups is 1. The van der Waals surface area contributed by atoms with Gasteiger partial charge in [0.25, 0.3) is 17.5 Å². The fourth-order valence-corrected chi connectivity index (χ4v) is 2.84. The summed E-state index contributed by atoms with van der Waals surface area (Å²) in [5.74, 6) is -2.66. The predicted molar refractivity (Wildman–Crippen MR) is 96.5 cm³/mol. The molecule has 154 valence electrons. The molecule has 1 aromatic rings. The van der Waals surface area contributed by atoms with Crippen molar-refractivity contribution >= 4 is 17.8 Å². The second-order valence-corrected chi connectivity index (χ2v) is 7.89. The van der Waals surface area contributed by atoms with Crippen molar-refractivity contribution < 1.29 is 27.6 Å². The standard InChI is InChI=1S/C19H24F3N3O3/c1-6-11(2)25-15(27)18(19(20,21)22,24-16(25)28)23-14(26)12-7-9-13(10-8-12)17(3,4)5/h7-11H,6H2,1-5H3,(H,23,26)(H,24,28)/t11-,18-/m0/s1. The van der Waals surface area contributed by atoms with Crippen molar-refractivity contribution in [3.05, 3.63) is 35.4 Å². The number of carbonyl (C=O) groups excluding carboxylic acids is 3. The van der Waals surface area contributed by atoms with Crippen LogP contribution in [0.2, 0.25) is 0 Å². The molecular formula is C19H24F3N3O3. The van der Waals surface area contributed by atoms with Crippen molar-refractivity contribution in [2.75, 3.05) is 0 Å². The largest absolute Gasteiger partial charge is 0.440 e. The molecule has 28 heavy (non-hydrogen) atoms. The number of imide groups is 1. The Kier molecular flexibility index (Phi) is 5.51. The first-order chi connectivity index (χ1) is 12.7. The third-order valence-corrected chi connectivity index (χ3v) is 4.82. The van der Waals surface area contributed by atoms with Crippen LogP contribution in [0.4, 0.5) is 18.0 Å². The minimum absolute atomic E-state index is 0.0549. The molecule has 0 aliphatic carbocycles.